The molecule has 4 aromatic rings. The first-order valence-corrected chi connectivity index (χ1v) is 16.6. The summed E-state index contributed by atoms with van der Waals surface area (Å²) in [6.07, 6.45) is 8.59. The summed E-state index contributed by atoms with van der Waals surface area (Å²) in [5.74, 6) is 1.41. The number of terminal acetylenes is 1. The zero-order valence-electron chi connectivity index (χ0n) is 24.4. The highest BCUT2D eigenvalue weighted by atomic mass is 32.2. The van der Waals surface area contributed by atoms with Crippen LogP contribution in [0.4, 0.5) is 19.0 Å². The van der Waals surface area contributed by atoms with Crippen LogP contribution in [0.5, 0.6) is 11.8 Å². The van der Waals surface area contributed by atoms with E-state index in [0.717, 1.165) is 32.2 Å². The lowest BCUT2D eigenvalue weighted by molar-refractivity contribution is 0.107. The Bertz CT molecular complexity index is 1930. The highest BCUT2D eigenvalue weighted by Gasteiger charge is 2.49. The van der Waals surface area contributed by atoms with Crippen LogP contribution in [0.2, 0.25) is 0 Å². The quantitative estimate of drug-likeness (QED) is 0.293. The van der Waals surface area contributed by atoms with E-state index < -0.39 is 34.1 Å². The molecule has 45 heavy (non-hydrogen) atoms. The fourth-order valence-corrected chi connectivity index (χ4v) is 9.95. The summed E-state index contributed by atoms with van der Waals surface area (Å²) >= 11 is 0. The Balaban J connectivity index is 1.28. The summed E-state index contributed by atoms with van der Waals surface area (Å²) in [5, 5.41) is 11.8. The van der Waals surface area contributed by atoms with Gasteiger partial charge < -0.3 is 14.7 Å². The Morgan fingerprint density at radius 1 is 1.09 bits per heavy atom. The molecule has 1 aromatic heterocycles. The number of aromatic nitrogens is 2. The minimum Gasteiger partial charge on any atom is -0.508 e. The van der Waals surface area contributed by atoms with Crippen molar-refractivity contribution in [2.75, 3.05) is 37.7 Å². The van der Waals surface area contributed by atoms with Crippen LogP contribution in [0.25, 0.3) is 32.8 Å². The van der Waals surface area contributed by atoms with Crippen LogP contribution in [0.3, 0.4) is 0 Å². The number of hydrogen-bond acceptors (Lipinski definition) is 7. The molecule has 7 nitrogen and oxygen atoms in total. The average molecular weight is 633 g/mol. The van der Waals surface area contributed by atoms with Gasteiger partial charge in [0.1, 0.15) is 35.7 Å². The van der Waals surface area contributed by atoms with E-state index in [2.05, 4.69) is 15.8 Å². The third-order valence-electron chi connectivity index (χ3n) is 10.1. The topological polar surface area (TPSA) is 78.8 Å². The van der Waals surface area contributed by atoms with Crippen molar-refractivity contribution in [1.29, 1.82) is 0 Å². The molecule has 11 heteroatoms. The molecule has 2 unspecified atom stereocenters. The first kappa shape index (κ1) is 28.6. The molecule has 2 bridgehead atoms. The molecular formula is C34H31F3N4O3S. The molecule has 4 saturated heterocycles. The van der Waals surface area contributed by atoms with Gasteiger partial charge in [-0.05, 0) is 67.4 Å². The lowest BCUT2D eigenvalue weighted by Crippen LogP contribution is -2.45. The van der Waals surface area contributed by atoms with Gasteiger partial charge in [0.2, 0.25) is 0 Å². The average Bonchev–Trinajstić information content (AvgIpc) is 3.60. The minimum atomic E-state index is -0.929. The third kappa shape index (κ3) is 4.56. The number of phenolic OH excluding ortho intramolecular Hbond substituents is 1. The number of rotatable bonds is 5. The zero-order chi connectivity index (χ0) is 31.0. The van der Waals surface area contributed by atoms with E-state index in [1.165, 1.54) is 24.3 Å². The molecule has 4 fully saturated rings. The summed E-state index contributed by atoms with van der Waals surface area (Å²) < 4.78 is 65.1. The molecular weight excluding hydrogens is 601 g/mol. The van der Waals surface area contributed by atoms with Gasteiger partial charge >= 0.3 is 6.01 Å². The van der Waals surface area contributed by atoms with Gasteiger partial charge in [-0.1, -0.05) is 18.1 Å². The Labute approximate surface area is 260 Å². The molecule has 5 heterocycles. The normalized spacial score (nSPS) is 27.7. The lowest BCUT2D eigenvalue weighted by Gasteiger charge is -2.33. The number of nitrogens with zero attached hydrogens (tertiary/aromatic N) is 4. The van der Waals surface area contributed by atoms with Crippen LogP contribution in [-0.4, -0.2) is 79.2 Å². The van der Waals surface area contributed by atoms with E-state index in [-0.39, 0.29) is 51.1 Å². The van der Waals surface area contributed by atoms with Gasteiger partial charge in [-0.3, -0.25) is 9.11 Å². The summed E-state index contributed by atoms with van der Waals surface area (Å²) in [4.78, 5) is 13.5. The number of alkyl halides is 1. The maximum absolute atomic E-state index is 16.8. The third-order valence-corrected chi connectivity index (χ3v) is 12.2. The fourth-order valence-electron chi connectivity index (χ4n) is 8.01. The maximum Gasteiger partial charge on any atom is 0.319 e. The molecule has 4 atom stereocenters. The molecule has 0 spiro atoms. The number of hydrogen-bond donors (Lipinski definition) is 1. The van der Waals surface area contributed by atoms with Gasteiger partial charge in [-0.2, -0.15) is 9.97 Å². The van der Waals surface area contributed by atoms with E-state index in [1.54, 1.807) is 12.1 Å². The number of benzene rings is 3. The molecule has 0 aliphatic carbocycles. The van der Waals surface area contributed by atoms with Crippen molar-refractivity contribution < 1.29 is 27.2 Å². The van der Waals surface area contributed by atoms with Crippen molar-refractivity contribution >= 4 is 38.3 Å². The Morgan fingerprint density at radius 2 is 1.89 bits per heavy atom. The molecule has 4 aliphatic heterocycles. The number of halogens is 3. The Hall–Kier alpha value is -3.88. The van der Waals surface area contributed by atoms with Gasteiger partial charge in [0.15, 0.2) is 5.82 Å². The number of phenols is 1. The number of ether oxygens (including phenoxy) is 1. The number of fused-ring (bicyclic) bond motifs is 5. The number of anilines is 1. The van der Waals surface area contributed by atoms with E-state index >= 15 is 4.39 Å². The van der Waals surface area contributed by atoms with E-state index in [4.69, 9.17) is 16.1 Å². The van der Waals surface area contributed by atoms with Gasteiger partial charge in [-0.25, -0.2) is 13.2 Å². The molecule has 8 rings (SSSR count). The second-order valence-electron chi connectivity index (χ2n) is 12.7. The summed E-state index contributed by atoms with van der Waals surface area (Å²) in [7, 11) is -0.921. The summed E-state index contributed by atoms with van der Waals surface area (Å²) in [6.45, 7) is 2.38. The van der Waals surface area contributed by atoms with Gasteiger partial charge in [0, 0.05) is 53.2 Å². The monoisotopic (exact) mass is 632 g/mol. The van der Waals surface area contributed by atoms with E-state index in [0.29, 0.717) is 48.0 Å². The van der Waals surface area contributed by atoms with E-state index in [1.807, 2.05) is 4.90 Å². The lowest BCUT2D eigenvalue weighted by atomic mass is 9.93. The van der Waals surface area contributed by atoms with Crippen LogP contribution >= 0.6 is 0 Å². The van der Waals surface area contributed by atoms with Crippen LogP contribution in [0, 0.1) is 24.0 Å². The van der Waals surface area contributed by atoms with Crippen LogP contribution < -0.4 is 9.64 Å². The SMILES string of the molecule is C#Cc1c(F)ccc2cc(O)cc(-c3ccc4c(N5CC6CCC(C5)S6=O)nc(OC[C@@]56CCCN5C[C@H](F)C6)nc4c3F)c12. The van der Waals surface area contributed by atoms with Crippen LogP contribution in [0.1, 0.15) is 37.7 Å². The first-order valence-electron chi connectivity index (χ1n) is 15.3. The van der Waals surface area contributed by atoms with Crippen LogP contribution in [-0.2, 0) is 10.8 Å². The molecule has 0 saturated carbocycles. The molecule has 4 aliphatic rings. The molecule has 3 aromatic carbocycles. The predicted octanol–water partition coefficient (Wildman–Crippen LogP) is 5.47. The van der Waals surface area contributed by atoms with Crippen molar-refractivity contribution in [3.63, 3.8) is 0 Å². The second kappa shape index (κ2) is 10.6. The molecule has 0 radical (unpaired) electrons. The Kier molecular flexibility index (Phi) is 6.73. The number of aromatic hydroxyl groups is 1. The van der Waals surface area contributed by atoms with Gasteiger partial charge in [0.25, 0.3) is 0 Å². The fraction of sp³-hybridized carbons (Fsp3) is 0.412. The second-order valence-corrected chi connectivity index (χ2v) is 14.7. The smallest absolute Gasteiger partial charge is 0.319 e. The molecule has 232 valence electrons. The van der Waals surface area contributed by atoms with Gasteiger partial charge in [-0.15, -0.1) is 6.42 Å². The molecule has 0 amide bonds. The van der Waals surface area contributed by atoms with Crippen molar-refractivity contribution in [3.8, 4) is 35.2 Å². The van der Waals surface area contributed by atoms with Crippen molar-refractivity contribution in [2.24, 2.45) is 0 Å². The minimum absolute atomic E-state index is 0.00253. The standard InChI is InChI=1S/C34H31F3N4O3S/c1-2-24-28(36)9-4-19-12-21(42)13-27(29(19)24)25-7-8-26-31(30(25)37)38-33(44-18-34-10-3-11-41(34)15-20(35)14-34)39-32(26)40-16-22-5-6-23(17-40)45(22)43/h1,4,7-9,12-13,20,22-23,42H,3,5-6,10-11,14-18H2/t20-,22?,23?,34+,45?/m1/s1. The zero-order valence-corrected chi connectivity index (χ0v) is 25.3. The van der Waals surface area contributed by atoms with Gasteiger partial charge in [0.05, 0.1) is 21.6 Å². The first-order chi connectivity index (χ1) is 21.7. The van der Waals surface area contributed by atoms with E-state index in [9.17, 15) is 18.1 Å². The highest BCUT2D eigenvalue weighted by Crippen LogP contribution is 2.43. The summed E-state index contributed by atoms with van der Waals surface area (Å²) in [6, 6.07) is 8.79. The van der Waals surface area contributed by atoms with Crippen molar-refractivity contribution in [3.05, 3.63) is 53.6 Å². The predicted molar refractivity (Wildman–Crippen MR) is 168 cm³/mol. The maximum atomic E-state index is 16.8. The largest absolute Gasteiger partial charge is 0.508 e. The Morgan fingerprint density at radius 3 is 2.67 bits per heavy atom. The van der Waals surface area contributed by atoms with Crippen LogP contribution in [0.15, 0.2) is 36.4 Å². The highest BCUT2D eigenvalue weighted by molar-refractivity contribution is 7.86. The van der Waals surface area contributed by atoms with Crippen molar-refractivity contribution in [1.82, 2.24) is 14.9 Å². The van der Waals surface area contributed by atoms with Crippen molar-refractivity contribution in [2.45, 2.75) is 54.3 Å². The molecule has 1 N–H and O–H groups in total. The summed E-state index contributed by atoms with van der Waals surface area (Å²) in [5.41, 5.74) is -0.175.